The molecule has 0 saturated carbocycles. The molecule has 1 aromatic heterocycles. The number of nitrogens with one attached hydrogen (secondary N) is 1. The minimum atomic E-state index is -0.167. The fourth-order valence-electron chi connectivity index (χ4n) is 0.730. The van der Waals surface area contributed by atoms with Crippen LogP contribution in [0.2, 0.25) is 0 Å². The van der Waals surface area contributed by atoms with Gasteiger partial charge in [-0.15, -0.1) is 0 Å². The highest BCUT2D eigenvalue weighted by Crippen LogP contribution is 2.03. The molecule has 11 heavy (non-hydrogen) atoms. The smallest absolute Gasteiger partial charge is 0.111 e. The van der Waals surface area contributed by atoms with Crippen LogP contribution < -0.4 is 5.32 Å². The van der Waals surface area contributed by atoms with Crippen LogP contribution in [0.4, 0.5) is 5.69 Å². The van der Waals surface area contributed by atoms with Crippen molar-refractivity contribution >= 4 is 5.69 Å². The van der Waals surface area contributed by atoms with Crippen molar-refractivity contribution in [2.24, 2.45) is 0 Å². The molecule has 3 nitrogen and oxygen atoms in total. The average Bonchev–Trinajstić information content (AvgIpc) is 2.06. The first-order valence-corrected chi connectivity index (χ1v) is 3.39. The molecular weight excluding hydrogens is 138 g/mol. The Morgan fingerprint density at radius 1 is 1.73 bits per heavy atom. The Bertz CT molecular complexity index is 250. The summed E-state index contributed by atoms with van der Waals surface area (Å²) in [4.78, 5) is 3.90. The summed E-state index contributed by atoms with van der Waals surface area (Å²) in [7, 11) is 0. The van der Waals surface area contributed by atoms with Crippen molar-refractivity contribution in [3.8, 4) is 6.07 Å². The normalized spacial score (nSPS) is 11.6. The van der Waals surface area contributed by atoms with Gasteiger partial charge in [-0.2, -0.15) is 5.26 Å². The summed E-state index contributed by atoms with van der Waals surface area (Å²) in [6.07, 6.45) is 3.38. The number of rotatable bonds is 2. The van der Waals surface area contributed by atoms with Gasteiger partial charge in [0.05, 0.1) is 11.8 Å². The highest BCUT2D eigenvalue weighted by atomic mass is 14.9. The third kappa shape index (κ3) is 2.26. The van der Waals surface area contributed by atoms with E-state index in [-0.39, 0.29) is 6.04 Å². The van der Waals surface area contributed by atoms with E-state index in [4.69, 9.17) is 5.26 Å². The topological polar surface area (TPSA) is 48.7 Å². The lowest BCUT2D eigenvalue weighted by Crippen LogP contribution is -2.11. The van der Waals surface area contributed by atoms with Gasteiger partial charge in [-0.25, -0.2) is 0 Å². The first kappa shape index (κ1) is 7.55. The maximum absolute atomic E-state index is 8.46. The predicted octanol–water partition coefficient (Wildman–Crippen LogP) is 1.41. The highest BCUT2D eigenvalue weighted by Gasteiger charge is 1.96. The van der Waals surface area contributed by atoms with Crippen molar-refractivity contribution in [1.82, 2.24) is 4.98 Å². The number of hydrogen-bond donors (Lipinski definition) is 1. The molecule has 0 amide bonds. The summed E-state index contributed by atoms with van der Waals surface area (Å²) in [6.45, 7) is 1.80. The second-order valence-electron chi connectivity index (χ2n) is 2.24. The number of pyridine rings is 1. The van der Waals surface area contributed by atoms with Gasteiger partial charge in [0, 0.05) is 12.4 Å². The van der Waals surface area contributed by atoms with Crippen molar-refractivity contribution in [1.29, 1.82) is 5.26 Å². The number of nitrogens with zero attached hydrogens (tertiary/aromatic N) is 2. The zero-order chi connectivity index (χ0) is 8.10. The molecule has 0 aliphatic heterocycles. The Morgan fingerprint density at radius 2 is 2.55 bits per heavy atom. The molecule has 0 saturated heterocycles. The number of aromatic nitrogens is 1. The van der Waals surface area contributed by atoms with E-state index < -0.39 is 0 Å². The summed E-state index contributed by atoms with van der Waals surface area (Å²) in [5.74, 6) is 0. The molecule has 1 N–H and O–H groups in total. The van der Waals surface area contributed by atoms with E-state index in [1.54, 1.807) is 19.3 Å². The van der Waals surface area contributed by atoms with Gasteiger partial charge in [0.1, 0.15) is 6.04 Å². The lowest BCUT2D eigenvalue weighted by molar-refractivity contribution is 1.01. The minimum Gasteiger partial charge on any atom is -0.369 e. The quantitative estimate of drug-likeness (QED) is 0.688. The molecule has 0 aromatic carbocycles. The van der Waals surface area contributed by atoms with Crippen LogP contribution in [0.15, 0.2) is 24.5 Å². The van der Waals surface area contributed by atoms with Gasteiger partial charge in [0.2, 0.25) is 0 Å². The van der Waals surface area contributed by atoms with Crippen LogP contribution in [0.1, 0.15) is 6.92 Å². The molecule has 1 atom stereocenters. The van der Waals surface area contributed by atoms with Crippen LogP contribution in [0.5, 0.6) is 0 Å². The Hall–Kier alpha value is -1.56. The third-order valence-electron chi connectivity index (χ3n) is 1.24. The highest BCUT2D eigenvalue weighted by molar-refractivity contribution is 5.41. The van der Waals surface area contributed by atoms with Crippen LogP contribution in [0.3, 0.4) is 0 Å². The number of hydrogen-bond acceptors (Lipinski definition) is 3. The molecule has 1 aromatic rings. The van der Waals surface area contributed by atoms with E-state index in [0.29, 0.717) is 0 Å². The van der Waals surface area contributed by atoms with Gasteiger partial charge in [-0.3, -0.25) is 4.98 Å². The van der Waals surface area contributed by atoms with Gasteiger partial charge in [-0.1, -0.05) is 0 Å². The summed E-state index contributed by atoms with van der Waals surface area (Å²) in [5, 5.41) is 11.4. The largest absolute Gasteiger partial charge is 0.369 e. The summed E-state index contributed by atoms with van der Waals surface area (Å²) < 4.78 is 0. The summed E-state index contributed by atoms with van der Waals surface area (Å²) in [6, 6.07) is 5.61. The Balaban J connectivity index is 2.60. The summed E-state index contributed by atoms with van der Waals surface area (Å²) >= 11 is 0. The molecule has 0 fully saturated rings. The Kier molecular flexibility index (Phi) is 2.45. The van der Waals surface area contributed by atoms with Crippen LogP contribution in [0.25, 0.3) is 0 Å². The van der Waals surface area contributed by atoms with Crippen molar-refractivity contribution in [3.63, 3.8) is 0 Å². The van der Waals surface area contributed by atoms with E-state index in [9.17, 15) is 0 Å². The fourth-order valence-corrected chi connectivity index (χ4v) is 0.730. The Labute approximate surface area is 65.7 Å². The van der Waals surface area contributed by atoms with Crippen LogP contribution in [-0.2, 0) is 0 Å². The van der Waals surface area contributed by atoms with Crippen molar-refractivity contribution in [2.45, 2.75) is 13.0 Å². The van der Waals surface area contributed by atoms with E-state index in [1.165, 1.54) is 0 Å². The van der Waals surface area contributed by atoms with E-state index in [1.807, 2.05) is 12.1 Å². The minimum absolute atomic E-state index is 0.167. The fraction of sp³-hybridized carbons (Fsp3) is 0.250. The van der Waals surface area contributed by atoms with Crippen LogP contribution >= 0.6 is 0 Å². The number of nitriles is 1. The van der Waals surface area contributed by atoms with Crippen molar-refractivity contribution in [2.75, 3.05) is 5.32 Å². The first-order chi connectivity index (χ1) is 5.33. The monoisotopic (exact) mass is 147 g/mol. The second-order valence-corrected chi connectivity index (χ2v) is 2.24. The van der Waals surface area contributed by atoms with Crippen LogP contribution in [0, 0.1) is 11.3 Å². The Morgan fingerprint density at radius 3 is 3.09 bits per heavy atom. The lowest BCUT2D eigenvalue weighted by atomic mass is 10.3. The van der Waals surface area contributed by atoms with Gasteiger partial charge in [0.15, 0.2) is 0 Å². The average molecular weight is 147 g/mol. The van der Waals surface area contributed by atoms with Gasteiger partial charge < -0.3 is 5.32 Å². The maximum atomic E-state index is 8.46. The van der Waals surface area contributed by atoms with E-state index in [2.05, 4.69) is 16.4 Å². The lowest BCUT2D eigenvalue weighted by Gasteiger charge is -2.05. The molecule has 1 rings (SSSR count). The molecule has 0 aliphatic rings. The summed E-state index contributed by atoms with van der Waals surface area (Å²) in [5.41, 5.74) is 0.876. The SMILES string of the molecule is C[C@H](C#N)Nc1cccnc1. The molecule has 0 bridgehead atoms. The number of anilines is 1. The molecule has 0 radical (unpaired) electrons. The molecule has 0 unspecified atom stereocenters. The van der Waals surface area contributed by atoms with Crippen LogP contribution in [-0.4, -0.2) is 11.0 Å². The molecule has 0 spiro atoms. The van der Waals surface area contributed by atoms with Crippen molar-refractivity contribution in [3.05, 3.63) is 24.5 Å². The van der Waals surface area contributed by atoms with E-state index >= 15 is 0 Å². The van der Waals surface area contributed by atoms with Gasteiger partial charge in [-0.05, 0) is 19.1 Å². The zero-order valence-electron chi connectivity index (χ0n) is 6.28. The molecule has 56 valence electrons. The third-order valence-corrected chi connectivity index (χ3v) is 1.24. The first-order valence-electron chi connectivity index (χ1n) is 3.39. The zero-order valence-corrected chi connectivity index (χ0v) is 6.28. The molecular formula is C8H9N3. The second kappa shape index (κ2) is 3.57. The molecule has 1 heterocycles. The molecule has 3 heteroatoms. The maximum Gasteiger partial charge on any atom is 0.111 e. The molecule has 0 aliphatic carbocycles. The van der Waals surface area contributed by atoms with E-state index in [0.717, 1.165) is 5.69 Å². The standard InChI is InChI=1S/C8H9N3/c1-7(5-9)11-8-3-2-4-10-6-8/h2-4,6-7,11H,1H3/t7-/m1/s1. The predicted molar refractivity (Wildman–Crippen MR) is 42.9 cm³/mol. The van der Waals surface area contributed by atoms with Crippen molar-refractivity contribution < 1.29 is 0 Å². The van der Waals surface area contributed by atoms with Gasteiger partial charge in [0.25, 0.3) is 0 Å². The van der Waals surface area contributed by atoms with Gasteiger partial charge >= 0.3 is 0 Å².